The minimum atomic E-state index is -3.48. The van der Waals surface area contributed by atoms with Gasteiger partial charge in [0.25, 0.3) is 0 Å². The highest BCUT2D eigenvalue weighted by Crippen LogP contribution is 2.30. The molecule has 0 aliphatic carbocycles. The van der Waals surface area contributed by atoms with Crippen molar-refractivity contribution < 1.29 is 13.3 Å². The van der Waals surface area contributed by atoms with Crippen LogP contribution in [-0.2, 0) is 10.0 Å². The lowest BCUT2D eigenvalue weighted by atomic mass is 10.2. The lowest BCUT2D eigenvalue weighted by molar-refractivity contribution is -0.856. The fraction of sp³-hybridized carbons (Fsp3) is 0.611. The average Bonchev–Trinajstić information content (AvgIpc) is 2.61. The molecule has 1 aromatic rings. The second-order valence-electron chi connectivity index (χ2n) is 7.38. The Labute approximate surface area is 168 Å². The van der Waals surface area contributed by atoms with Gasteiger partial charge in [0, 0.05) is 27.2 Å². The smallest absolute Gasteiger partial charge is 0.243 e. The molecule has 0 bridgehead atoms. The summed E-state index contributed by atoms with van der Waals surface area (Å²) < 4.78 is 27.6. The van der Waals surface area contributed by atoms with Crippen LogP contribution in [0, 0.1) is 0 Å². The summed E-state index contributed by atoms with van der Waals surface area (Å²) in [7, 11) is 4.52. The van der Waals surface area contributed by atoms with Gasteiger partial charge in [-0.1, -0.05) is 6.42 Å². The fourth-order valence-corrected chi connectivity index (χ4v) is 4.77. The standard InChI is InChI=1S/C18H31N5O2S2/c1-21(2)13-10-19-18(26)20-16-14-15(8-9-17(16)22(3)4)27(24,25)23-11-6-5-7-12-23/h8-9,14H,5-7,10-13H2,1-4H3,(H2,19,20,26)/p+1. The topological polar surface area (TPSA) is 69.1 Å². The van der Waals surface area contributed by atoms with Crippen molar-refractivity contribution in [3.8, 4) is 0 Å². The molecule has 1 aliphatic rings. The highest BCUT2D eigenvalue weighted by atomic mass is 32.2. The lowest BCUT2D eigenvalue weighted by Gasteiger charge is -2.27. The van der Waals surface area contributed by atoms with E-state index < -0.39 is 10.0 Å². The predicted octanol–water partition coefficient (Wildman–Crippen LogP) is 0.358. The first kappa shape index (κ1) is 21.9. The SMILES string of the molecule is CN(C)c1ccc(S(=O)(=O)N2CCCCC2)cc1NC(=S)NCC[NH+](C)C. The molecule has 0 saturated carbocycles. The lowest BCUT2D eigenvalue weighted by Crippen LogP contribution is -3.06. The number of quaternary nitrogens is 1. The van der Waals surface area contributed by atoms with E-state index in [4.69, 9.17) is 12.2 Å². The maximum Gasteiger partial charge on any atom is 0.243 e. The Morgan fingerprint density at radius 3 is 2.48 bits per heavy atom. The molecule has 7 nitrogen and oxygen atoms in total. The van der Waals surface area contributed by atoms with Gasteiger partial charge in [-0.05, 0) is 43.3 Å². The van der Waals surface area contributed by atoms with Gasteiger partial charge in [0.2, 0.25) is 10.0 Å². The number of piperidine rings is 1. The molecule has 1 saturated heterocycles. The Bertz CT molecular complexity index is 744. The zero-order valence-electron chi connectivity index (χ0n) is 16.7. The number of rotatable bonds is 7. The van der Waals surface area contributed by atoms with Gasteiger partial charge in [0.05, 0.1) is 43.5 Å². The van der Waals surface area contributed by atoms with E-state index in [9.17, 15) is 8.42 Å². The van der Waals surface area contributed by atoms with Crippen molar-refractivity contribution in [3.63, 3.8) is 0 Å². The van der Waals surface area contributed by atoms with Gasteiger partial charge >= 0.3 is 0 Å². The number of nitrogens with one attached hydrogen (secondary N) is 3. The zero-order valence-corrected chi connectivity index (χ0v) is 18.3. The second-order valence-corrected chi connectivity index (χ2v) is 9.72. The minimum absolute atomic E-state index is 0.304. The maximum absolute atomic E-state index is 13.0. The van der Waals surface area contributed by atoms with E-state index in [0.717, 1.165) is 38.0 Å². The van der Waals surface area contributed by atoms with Crippen LogP contribution in [0.25, 0.3) is 0 Å². The van der Waals surface area contributed by atoms with E-state index in [-0.39, 0.29) is 0 Å². The van der Waals surface area contributed by atoms with Gasteiger partial charge in [0.1, 0.15) is 0 Å². The summed E-state index contributed by atoms with van der Waals surface area (Å²) in [6.45, 7) is 2.86. The van der Waals surface area contributed by atoms with E-state index in [2.05, 4.69) is 24.7 Å². The van der Waals surface area contributed by atoms with Gasteiger partial charge in [0.15, 0.2) is 5.11 Å². The first-order valence-corrected chi connectivity index (χ1v) is 11.2. The van der Waals surface area contributed by atoms with E-state index in [1.54, 1.807) is 16.4 Å². The molecular weight excluding hydrogens is 382 g/mol. The van der Waals surface area contributed by atoms with Gasteiger partial charge in [-0.2, -0.15) is 4.31 Å². The molecule has 3 N–H and O–H groups in total. The third-order valence-corrected chi connectivity index (χ3v) is 6.70. The van der Waals surface area contributed by atoms with Crippen molar-refractivity contribution in [2.75, 3.05) is 64.6 Å². The van der Waals surface area contributed by atoms with Crippen LogP contribution in [0.5, 0.6) is 0 Å². The fourth-order valence-electron chi connectivity index (χ4n) is 3.01. The minimum Gasteiger partial charge on any atom is -0.376 e. The molecule has 1 aliphatic heterocycles. The van der Waals surface area contributed by atoms with Gasteiger partial charge in [-0.25, -0.2) is 8.42 Å². The summed E-state index contributed by atoms with van der Waals surface area (Å²) in [5.41, 5.74) is 1.57. The zero-order chi connectivity index (χ0) is 20.0. The van der Waals surface area contributed by atoms with Crippen LogP contribution in [0.2, 0.25) is 0 Å². The summed E-state index contributed by atoms with van der Waals surface area (Å²) in [6.07, 6.45) is 2.93. The molecule has 2 rings (SSSR count). The van der Waals surface area contributed by atoms with Crippen LogP contribution in [0.3, 0.4) is 0 Å². The first-order valence-electron chi connectivity index (χ1n) is 9.37. The number of anilines is 2. The van der Waals surface area contributed by atoms with Crippen molar-refractivity contribution in [1.82, 2.24) is 9.62 Å². The van der Waals surface area contributed by atoms with Crippen LogP contribution in [0.4, 0.5) is 11.4 Å². The van der Waals surface area contributed by atoms with Crippen LogP contribution < -0.4 is 20.4 Å². The highest BCUT2D eigenvalue weighted by molar-refractivity contribution is 7.89. The third kappa shape index (κ3) is 6.03. The number of sulfonamides is 1. The molecule has 27 heavy (non-hydrogen) atoms. The number of likely N-dealkylation sites (N-methyl/N-ethyl adjacent to an activating group) is 1. The monoisotopic (exact) mass is 414 g/mol. The molecular formula is C18H32N5O2S2+. The molecule has 0 radical (unpaired) electrons. The number of hydrogen-bond donors (Lipinski definition) is 3. The average molecular weight is 415 g/mol. The van der Waals surface area contributed by atoms with Crippen LogP contribution in [-0.4, -0.2) is 72.2 Å². The number of hydrogen-bond acceptors (Lipinski definition) is 4. The summed E-state index contributed by atoms with van der Waals surface area (Å²) in [4.78, 5) is 3.57. The van der Waals surface area contributed by atoms with E-state index in [1.807, 2.05) is 25.1 Å². The maximum atomic E-state index is 13.0. The molecule has 0 atom stereocenters. The van der Waals surface area contributed by atoms with E-state index in [1.165, 1.54) is 4.90 Å². The number of nitrogens with zero attached hydrogens (tertiary/aromatic N) is 2. The summed E-state index contributed by atoms with van der Waals surface area (Å²) in [5, 5.41) is 6.83. The molecule has 0 amide bonds. The Morgan fingerprint density at radius 1 is 1.22 bits per heavy atom. The molecule has 1 heterocycles. The summed E-state index contributed by atoms with van der Waals surface area (Å²) in [6, 6.07) is 5.19. The second kappa shape index (κ2) is 9.68. The number of thiocarbonyl (C=S) groups is 1. The van der Waals surface area contributed by atoms with Crippen LogP contribution >= 0.6 is 12.2 Å². The molecule has 9 heteroatoms. The van der Waals surface area contributed by atoms with Gasteiger partial charge in [-0.15, -0.1) is 0 Å². The number of benzene rings is 1. The van der Waals surface area contributed by atoms with E-state index >= 15 is 0 Å². The Hall–Kier alpha value is -1.42. The largest absolute Gasteiger partial charge is 0.376 e. The Kier molecular flexibility index (Phi) is 7.84. The van der Waals surface area contributed by atoms with Crippen molar-refractivity contribution in [1.29, 1.82) is 0 Å². The van der Waals surface area contributed by atoms with Crippen molar-refractivity contribution in [2.45, 2.75) is 24.2 Å². The molecule has 152 valence electrons. The third-order valence-electron chi connectivity index (χ3n) is 4.56. The molecule has 0 spiro atoms. The molecule has 1 aromatic carbocycles. The van der Waals surface area contributed by atoms with Gasteiger partial charge < -0.3 is 20.4 Å². The van der Waals surface area contributed by atoms with E-state index in [0.29, 0.717) is 28.8 Å². The Morgan fingerprint density at radius 2 is 1.89 bits per heavy atom. The van der Waals surface area contributed by atoms with Crippen LogP contribution in [0.15, 0.2) is 23.1 Å². The van der Waals surface area contributed by atoms with Crippen molar-refractivity contribution >= 4 is 38.7 Å². The van der Waals surface area contributed by atoms with Crippen molar-refractivity contribution in [3.05, 3.63) is 18.2 Å². The van der Waals surface area contributed by atoms with Crippen molar-refractivity contribution in [2.24, 2.45) is 0 Å². The quantitative estimate of drug-likeness (QED) is 0.560. The summed E-state index contributed by atoms with van der Waals surface area (Å²) >= 11 is 5.39. The molecule has 1 fully saturated rings. The van der Waals surface area contributed by atoms with Gasteiger partial charge in [-0.3, -0.25) is 0 Å². The first-order chi connectivity index (χ1) is 12.7. The Balaban J connectivity index is 2.21. The molecule has 0 aromatic heterocycles. The predicted molar refractivity (Wildman–Crippen MR) is 115 cm³/mol. The normalized spacial score (nSPS) is 15.6. The van der Waals surface area contributed by atoms with Crippen LogP contribution in [0.1, 0.15) is 19.3 Å². The molecule has 0 unspecified atom stereocenters. The highest BCUT2D eigenvalue weighted by Gasteiger charge is 2.26. The summed E-state index contributed by atoms with van der Waals surface area (Å²) in [5.74, 6) is 0.